The first-order chi connectivity index (χ1) is 15.8. The van der Waals surface area contributed by atoms with E-state index in [1.807, 2.05) is 85.1 Å². The second-order valence-electron chi connectivity index (χ2n) is 7.13. The van der Waals surface area contributed by atoms with Crippen molar-refractivity contribution in [3.63, 3.8) is 0 Å². The fourth-order valence-corrected chi connectivity index (χ4v) is 14.6. The normalized spacial score (nSPS) is 11.4. The Balaban J connectivity index is 1.96. The summed E-state index contributed by atoms with van der Waals surface area (Å²) < 4.78 is 15.7. The van der Waals surface area contributed by atoms with E-state index in [1.54, 1.807) is 7.11 Å². The van der Waals surface area contributed by atoms with Crippen molar-refractivity contribution in [1.29, 1.82) is 5.26 Å². The Morgan fingerprint density at radius 1 is 0.688 bits per heavy atom. The zero-order chi connectivity index (χ0) is 22.2. The Hall–Kier alpha value is -3.56. The molecule has 156 valence electrons. The van der Waals surface area contributed by atoms with Gasteiger partial charge in [0.1, 0.15) is 0 Å². The summed E-state index contributed by atoms with van der Waals surface area (Å²) in [7, 11) is 1.62. The Morgan fingerprint density at radius 3 is 1.50 bits per heavy atom. The van der Waals surface area contributed by atoms with Crippen LogP contribution in [0.1, 0.15) is 5.56 Å². The van der Waals surface area contributed by atoms with Gasteiger partial charge in [-0.1, -0.05) is 0 Å². The number of aliphatic imine (C=N–C) groups is 1. The Labute approximate surface area is 192 Å². The van der Waals surface area contributed by atoms with E-state index in [-0.39, 0.29) is 0 Å². The molecule has 0 saturated carbocycles. The fourth-order valence-electron chi connectivity index (χ4n) is 3.77. The van der Waals surface area contributed by atoms with Crippen LogP contribution in [0.15, 0.2) is 120 Å². The van der Waals surface area contributed by atoms with Gasteiger partial charge in [0.15, 0.2) is 0 Å². The summed E-state index contributed by atoms with van der Waals surface area (Å²) in [4.78, 5) is 4.12. The first-order valence-electron chi connectivity index (χ1n) is 10.2. The van der Waals surface area contributed by atoms with E-state index in [9.17, 15) is 5.26 Å². The molecule has 0 bridgehead atoms. The average molecular weight is 525 g/mol. The van der Waals surface area contributed by atoms with Gasteiger partial charge in [-0.2, -0.15) is 0 Å². The molecule has 4 aromatic carbocycles. The third-order valence-corrected chi connectivity index (χ3v) is 16.5. The van der Waals surface area contributed by atoms with Gasteiger partial charge in [-0.3, -0.25) is 0 Å². The molecule has 0 amide bonds. The van der Waals surface area contributed by atoms with Crippen LogP contribution in [0, 0.1) is 11.5 Å². The van der Waals surface area contributed by atoms with Crippen LogP contribution < -0.4 is 15.5 Å². The van der Waals surface area contributed by atoms with E-state index in [4.69, 9.17) is 7.81 Å². The number of nitriles is 1. The van der Waals surface area contributed by atoms with Crippen molar-refractivity contribution in [2.75, 3.05) is 7.11 Å². The van der Waals surface area contributed by atoms with Crippen LogP contribution in [-0.2, 0) is 3.07 Å². The first-order valence-corrected chi connectivity index (χ1v) is 15.7. The molecule has 0 aliphatic rings. The monoisotopic (exact) mass is 526 g/mol. The molecule has 5 heteroatoms. The van der Waals surface area contributed by atoms with Crippen LogP contribution in [0.25, 0.3) is 0 Å². The number of rotatable bonds is 6. The average Bonchev–Trinajstić information content (AvgIpc) is 2.88. The first kappa shape index (κ1) is 21.7. The van der Waals surface area contributed by atoms with E-state index in [0.717, 1.165) is 22.1 Å². The zero-order valence-corrected chi connectivity index (χ0v) is 20.5. The van der Waals surface area contributed by atoms with Gasteiger partial charge >= 0.3 is 193 Å². The predicted octanol–water partition coefficient (Wildman–Crippen LogP) is 3.61. The second kappa shape index (κ2) is 10.2. The zero-order valence-electron chi connectivity index (χ0n) is 17.7. The molecule has 4 nitrogen and oxygen atoms in total. The summed E-state index contributed by atoms with van der Waals surface area (Å²) in [6, 6.07) is 38.3. The van der Waals surface area contributed by atoms with Gasteiger partial charge in [0.05, 0.1) is 0 Å². The Kier molecular flexibility index (Phi) is 6.88. The molecule has 0 radical (unpaired) electrons. The van der Waals surface area contributed by atoms with Gasteiger partial charge in [-0.15, -0.1) is 0 Å². The third kappa shape index (κ3) is 4.39. The van der Waals surface area contributed by atoms with E-state index >= 15 is 0 Å². The molecule has 0 aliphatic heterocycles. The van der Waals surface area contributed by atoms with Gasteiger partial charge in [0, 0.05) is 0 Å². The summed E-state index contributed by atoms with van der Waals surface area (Å²) in [6.07, 6.45) is 1.94. The van der Waals surface area contributed by atoms with Gasteiger partial charge in [0.2, 0.25) is 0 Å². The van der Waals surface area contributed by atoms with Gasteiger partial charge in [-0.25, -0.2) is 0 Å². The minimum atomic E-state index is -4.08. The van der Waals surface area contributed by atoms with Crippen molar-refractivity contribution in [2.45, 2.75) is 0 Å². The number of methoxy groups -OCH3 is 1. The van der Waals surface area contributed by atoms with Crippen LogP contribution in [0.4, 0.5) is 0 Å². The van der Waals surface area contributed by atoms with Crippen LogP contribution >= 0.6 is 0 Å². The number of benzene rings is 4. The van der Waals surface area contributed by atoms with Crippen molar-refractivity contribution >= 4 is 35.4 Å². The van der Waals surface area contributed by atoms with Crippen molar-refractivity contribution < 1.29 is 7.81 Å². The van der Waals surface area contributed by atoms with Crippen molar-refractivity contribution in [3.8, 4) is 11.9 Å². The van der Waals surface area contributed by atoms with Gasteiger partial charge < -0.3 is 0 Å². The summed E-state index contributed by atoms with van der Waals surface area (Å²) in [5.74, 6) is 1.05. The molecule has 4 aromatic rings. The van der Waals surface area contributed by atoms with Gasteiger partial charge in [0.25, 0.3) is 0 Å². The summed E-state index contributed by atoms with van der Waals surface area (Å²) in [5, 5.41) is 9.49. The van der Waals surface area contributed by atoms with Crippen LogP contribution in [0.2, 0.25) is 0 Å². The Morgan fingerprint density at radius 2 is 1.12 bits per heavy atom. The molecule has 0 fully saturated rings. The molecular formula is C27H22N2O2Sn. The van der Waals surface area contributed by atoms with E-state index < -0.39 is 18.8 Å². The molecule has 4 rings (SSSR count). The Bertz CT molecular complexity index is 1120. The van der Waals surface area contributed by atoms with Crippen molar-refractivity contribution in [1.82, 2.24) is 0 Å². The van der Waals surface area contributed by atoms with E-state index in [2.05, 4.69) is 41.4 Å². The molecule has 0 N–H and O–H groups in total. The molecule has 0 aromatic heterocycles. The second-order valence-corrected chi connectivity index (χ2v) is 16.5. The molecule has 0 spiro atoms. The summed E-state index contributed by atoms with van der Waals surface area (Å²) in [5.41, 5.74) is 0.733. The van der Waals surface area contributed by atoms with Crippen molar-refractivity contribution in [2.24, 2.45) is 4.99 Å². The third-order valence-electron chi connectivity index (χ3n) is 5.28. The van der Waals surface area contributed by atoms with Crippen molar-refractivity contribution in [3.05, 3.63) is 121 Å². The fraction of sp³-hybridized carbons (Fsp3) is 0.0370. The van der Waals surface area contributed by atoms with Crippen LogP contribution in [-0.4, -0.2) is 31.8 Å². The standard InChI is InChI=1S/C9H8N2O2.3C6H5.Sn/c1-13-8-4-2-7(3-5-8)9(12)11-6-10;3*1-2-4-6-5-3-1;/h2-5H,1H3,(H,11,12);3*1-5H;/q;;;;+1/p-1. The molecule has 0 heterocycles. The predicted molar refractivity (Wildman–Crippen MR) is 130 cm³/mol. The van der Waals surface area contributed by atoms with E-state index in [1.165, 1.54) is 0 Å². The van der Waals surface area contributed by atoms with Crippen LogP contribution in [0.5, 0.6) is 5.75 Å². The summed E-state index contributed by atoms with van der Waals surface area (Å²) in [6.45, 7) is 0. The van der Waals surface area contributed by atoms with E-state index in [0.29, 0.717) is 5.90 Å². The number of ether oxygens (including phenoxy) is 1. The molecule has 0 aliphatic carbocycles. The number of hydrogen-bond acceptors (Lipinski definition) is 4. The van der Waals surface area contributed by atoms with Crippen LogP contribution in [0.3, 0.4) is 0 Å². The minimum absolute atomic E-state index is 0.322. The topological polar surface area (TPSA) is 54.6 Å². The molecule has 32 heavy (non-hydrogen) atoms. The molecule has 0 unspecified atom stereocenters. The molecule has 0 atom stereocenters. The maximum atomic E-state index is 9.49. The molecular weight excluding hydrogens is 503 g/mol. The number of nitrogens with zero attached hydrogens (tertiary/aromatic N) is 2. The SMILES string of the molecule is COc1ccc(C(=NC#N)[O][Sn]([c]2ccccc2)([c]2ccccc2)[c]2ccccc2)cc1. The molecule has 0 saturated heterocycles. The van der Waals surface area contributed by atoms with Gasteiger partial charge in [-0.05, 0) is 0 Å². The quantitative estimate of drug-likeness (QED) is 0.167. The summed E-state index contributed by atoms with van der Waals surface area (Å²) >= 11 is -4.08. The number of hydrogen-bond donors (Lipinski definition) is 0. The maximum absolute atomic E-state index is 9.49.